The van der Waals surface area contributed by atoms with E-state index in [0.29, 0.717) is 29.7 Å². The van der Waals surface area contributed by atoms with Crippen molar-refractivity contribution in [3.05, 3.63) is 80.9 Å². The largest absolute Gasteiger partial charge is 0.493 e. The summed E-state index contributed by atoms with van der Waals surface area (Å²) in [5, 5.41) is 14.5. The van der Waals surface area contributed by atoms with Gasteiger partial charge in [0.1, 0.15) is 5.75 Å². The highest BCUT2D eigenvalue weighted by molar-refractivity contribution is 6.30. The van der Waals surface area contributed by atoms with Crippen LogP contribution in [0.25, 0.3) is 0 Å². The summed E-state index contributed by atoms with van der Waals surface area (Å²) in [6.07, 6.45) is 2.22. The minimum atomic E-state index is -0.902. The van der Waals surface area contributed by atoms with Crippen molar-refractivity contribution in [2.24, 2.45) is 5.92 Å². The lowest BCUT2D eigenvalue weighted by Crippen LogP contribution is -2.35. The van der Waals surface area contributed by atoms with E-state index in [9.17, 15) is 14.7 Å². The summed E-state index contributed by atoms with van der Waals surface area (Å²) in [6, 6.07) is 13.0. The molecular formula is C33H35ClN2O6. The summed E-state index contributed by atoms with van der Waals surface area (Å²) in [6.45, 7) is 7.21. The summed E-state index contributed by atoms with van der Waals surface area (Å²) in [5.74, 6) is -0.141. The molecule has 3 aromatic carbocycles. The number of carbonyl (C=O) groups is 2. The van der Waals surface area contributed by atoms with Gasteiger partial charge in [-0.15, -0.1) is 0 Å². The maximum atomic E-state index is 13.7. The lowest BCUT2D eigenvalue weighted by Gasteiger charge is -2.27. The fraction of sp³-hybridized carbons (Fsp3) is 0.394. The van der Waals surface area contributed by atoms with Crippen LogP contribution in [0.4, 0.5) is 5.69 Å². The van der Waals surface area contributed by atoms with E-state index in [4.69, 9.17) is 25.8 Å². The van der Waals surface area contributed by atoms with Crippen LogP contribution in [0.15, 0.2) is 42.5 Å². The standard InChI is InChI=1S/C33H35ClN2O6/c1-4-19-12-23(34)13-20(5-2)31(19)35-29(37)16-36-15-25(24-14-28-27(10-18(24)3)41-17-42-28)30(33(38)39)32(36)22-6-7-26-21(11-22)8-9-40-26/h6-7,10-14,25,30,32H,4-5,8-9,15-17H2,1-3H3,(H,35,37)(H,38,39)/t25-,30-,32+/m1/s1. The molecule has 3 aliphatic heterocycles. The molecule has 3 aromatic rings. The monoisotopic (exact) mass is 590 g/mol. The summed E-state index contributed by atoms with van der Waals surface area (Å²) >= 11 is 6.35. The number of aryl methyl sites for hydroxylation is 3. The molecule has 42 heavy (non-hydrogen) atoms. The van der Waals surface area contributed by atoms with Crippen LogP contribution in [0.1, 0.15) is 59.2 Å². The molecule has 1 fully saturated rings. The van der Waals surface area contributed by atoms with Crippen LogP contribution < -0.4 is 19.5 Å². The van der Waals surface area contributed by atoms with Crippen molar-refractivity contribution in [3.63, 3.8) is 0 Å². The normalized spacial score (nSPS) is 20.8. The van der Waals surface area contributed by atoms with Crippen LogP contribution in [-0.4, -0.2) is 48.4 Å². The number of halogens is 1. The molecule has 3 heterocycles. The van der Waals surface area contributed by atoms with E-state index in [-0.39, 0.29) is 25.2 Å². The fourth-order valence-electron chi connectivity index (χ4n) is 6.76. The maximum Gasteiger partial charge on any atom is 0.309 e. The van der Waals surface area contributed by atoms with E-state index in [1.54, 1.807) is 0 Å². The second-order valence-electron chi connectivity index (χ2n) is 11.2. The van der Waals surface area contributed by atoms with Gasteiger partial charge < -0.3 is 24.6 Å². The first-order chi connectivity index (χ1) is 20.3. The molecule has 0 aliphatic carbocycles. The Kier molecular flexibility index (Phi) is 7.77. The summed E-state index contributed by atoms with van der Waals surface area (Å²) in [4.78, 5) is 28.8. The Morgan fingerprint density at radius 3 is 2.40 bits per heavy atom. The zero-order valence-corrected chi connectivity index (χ0v) is 24.8. The summed E-state index contributed by atoms with van der Waals surface area (Å²) in [5.41, 5.74) is 6.49. The molecule has 3 atom stereocenters. The number of carbonyl (C=O) groups excluding carboxylic acids is 1. The van der Waals surface area contributed by atoms with Gasteiger partial charge in [-0.05, 0) is 83.5 Å². The lowest BCUT2D eigenvalue weighted by molar-refractivity contribution is -0.143. The van der Waals surface area contributed by atoms with Gasteiger partial charge in [0.15, 0.2) is 11.5 Å². The third kappa shape index (κ3) is 5.18. The van der Waals surface area contributed by atoms with Crippen molar-refractivity contribution >= 4 is 29.2 Å². The van der Waals surface area contributed by atoms with Crippen LogP contribution >= 0.6 is 11.6 Å². The number of likely N-dealkylation sites (tertiary alicyclic amines) is 1. The molecule has 220 valence electrons. The van der Waals surface area contributed by atoms with Crippen molar-refractivity contribution in [2.75, 3.05) is 31.8 Å². The number of nitrogens with one attached hydrogen (secondary N) is 1. The maximum absolute atomic E-state index is 13.7. The van der Waals surface area contributed by atoms with Gasteiger partial charge in [0, 0.05) is 35.6 Å². The third-order valence-electron chi connectivity index (χ3n) is 8.74. The molecule has 0 unspecified atom stereocenters. The number of carboxylic acids is 1. The van der Waals surface area contributed by atoms with Gasteiger partial charge in [0.25, 0.3) is 0 Å². The Hall–Kier alpha value is -3.75. The van der Waals surface area contributed by atoms with Gasteiger partial charge in [-0.3, -0.25) is 14.5 Å². The Morgan fingerprint density at radius 2 is 1.71 bits per heavy atom. The number of anilines is 1. The van der Waals surface area contributed by atoms with E-state index >= 15 is 0 Å². The number of fused-ring (bicyclic) bond motifs is 2. The molecule has 0 aromatic heterocycles. The Labute approximate surface area is 250 Å². The van der Waals surface area contributed by atoms with Crippen molar-refractivity contribution in [2.45, 2.75) is 52.0 Å². The second-order valence-corrected chi connectivity index (χ2v) is 11.7. The van der Waals surface area contributed by atoms with Crippen LogP contribution in [0, 0.1) is 12.8 Å². The number of rotatable bonds is 8. The average Bonchev–Trinajstić information content (AvgIpc) is 3.70. The predicted molar refractivity (Wildman–Crippen MR) is 160 cm³/mol. The van der Waals surface area contributed by atoms with Gasteiger partial charge in [0.2, 0.25) is 12.7 Å². The number of amides is 1. The first kappa shape index (κ1) is 28.4. The second kappa shape index (κ2) is 11.5. The zero-order valence-electron chi connectivity index (χ0n) is 24.0. The molecule has 0 radical (unpaired) electrons. The first-order valence-electron chi connectivity index (χ1n) is 14.5. The molecule has 6 rings (SSSR count). The molecule has 9 heteroatoms. The number of hydrogen-bond donors (Lipinski definition) is 2. The quantitative estimate of drug-likeness (QED) is 0.336. The zero-order chi connectivity index (χ0) is 29.5. The molecule has 8 nitrogen and oxygen atoms in total. The predicted octanol–water partition coefficient (Wildman–Crippen LogP) is 5.92. The van der Waals surface area contributed by atoms with Crippen molar-refractivity contribution in [1.29, 1.82) is 0 Å². The van der Waals surface area contributed by atoms with Crippen LogP contribution in [0.3, 0.4) is 0 Å². The van der Waals surface area contributed by atoms with E-state index in [0.717, 1.165) is 64.1 Å². The van der Waals surface area contributed by atoms with Crippen LogP contribution in [0.5, 0.6) is 17.2 Å². The molecular weight excluding hydrogens is 556 g/mol. The highest BCUT2D eigenvalue weighted by Crippen LogP contribution is 2.49. The minimum absolute atomic E-state index is 0.0388. The van der Waals surface area contributed by atoms with E-state index in [1.807, 2.05) is 68.1 Å². The number of aliphatic carboxylic acids is 1. The van der Waals surface area contributed by atoms with Gasteiger partial charge in [-0.1, -0.05) is 37.6 Å². The first-order valence-corrected chi connectivity index (χ1v) is 14.9. The van der Waals surface area contributed by atoms with Gasteiger partial charge in [0.05, 0.1) is 19.1 Å². The highest BCUT2D eigenvalue weighted by Gasteiger charge is 2.48. The average molecular weight is 591 g/mol. The molecule has 3 aliphatic rings. The summed E-state index contributed by atoms with van der Waals surface area (Å²) in [7, 11) is 0. The Morgan fingerprint density at radius 1 is 1.00 bits per heavy atom. The van der Waals surface area contributed by atoms with Gasteiger partial charge in [-0.25, -0.2) is 0 Å². The van der Waals surface area contributed by atoms with Crippen molar-refractivity contribution in [3.8, 4) is 17.2 Å². The molecule has 1 amide bonds. The lowest BCUT2D eigenvalue weighted by atomic mass is 9.81. The smallest absolute Gasteiger partial charge is 0.309 e. The number of benzene rings is 3. The van der Waals surface area contributed by atoms with Crippen LogP contribution in [0.2, 0.25) is 5.02 Å². The molecule has 2 N–H and O–H groups in total. The number of ether oxygens (including phenoxy) is 3. The third-order valence-corrected chi connectivity index (χ3v) is 8.96. The van der Waals surface area contributed by atoms with E-state index in [1.165, 1.54) is 0 Å². The molecule has 0 saturated carbocycles. The minimum Gasteiger partial charge on any atom is -0.493 e. The Balaban J connectivity index is 1.37. The van der Waals surface area contributed by atoms with E-state index in [2.05, 4.69) is 5.32 Å². The fourth-order valence-corrected chi connectivity index (χ4v) is 7.03. The SMILES string of the molecule is CCc1cc(Cl)cc(CC)c1NC(=O)CN1C[C@H](c2cc3c(cc2C)OCO3)[C@@H](C(=O)O)[C@@H]1c1ccc2c(c1)CCO2. The molecule has 0 spiro atoms. The van der Waals surface area contributed by atoms with Crippen LogP contribution in [-0.2, 0) is 28.9 Å². The van der Waals surface area contributed by atoms with Gasteiger partial charge in [-0.2, -0.15) is 0 Å². The van der Waals surface area contributed by atoms with Gasteiger partial charge >= 0.3 is 5.97 Å². The topological polar surface area (TPSA) is 97.3 Å². The Bertz CT molecular complexity index is 1530. The molecule has 1 saturated heterocycles. The van der Waals surface area contributed by atoms with E-state index < -0.39 is 17.9 Å². The molecule has 0 bridgehead atoms. The number of hydrogen-bond acceptors (Lipinski definition) is 6. The van der Waals surface area contributed by atoms with Crippen molar-refractivity contribution < 1.29 is 28.9 Å². The number of carboxylic acid groups (broad SMARTS) is 1. The summed E-state index contributed by atoms with van der Waals surface area (Å²) < 4.78 is 16.9. The highest BCUT2D eigenvalue weighted by atomic mass is 35.5. The number of nitrogens with zero attached hydrogens (tertiary/aromatic N) is 1. The van der Waals surface area contributed by atoms with Crippen molar-refractivity contribution in [1.82, 2.24) is 4.90 Å².